The van der Waals surface area contributed by atoms with E-state index in [1.807, 2.05) is 0 Å². The third kappa shape index (κ3) is 6.07. The molecule has 0 heterocycles. The molecule has 0 saturated carbocycles. The first-order valence-corrected chi connectivity index (χ1v) is 6.89. The lowest BCUT2D eigenvalue weighted by atomic mass is 10.2. The maximum atomic E-state index is 12.2. The molecular formula is C13H14F3NO3S. The molecule has 0 bridgehead atoms. The number of nitrogens with one attached hydrogen (secondary N) is 1. The summed E-state index contributed by atoms with van der Waals surface area (Å²) >= 11 is -0.270. The van der Waals surface area contributed by atoms with Crippen LogP contribution in [0.5, 0.6) is 0 Å². The maximum absolute atomic E-state index is 12.2. The van der Waals surface area contributed by atoms with E-state index in [1.54, 1.807) is 6.92 Å². The average Bonchev–Trinajstić information content (AvgIpc) is 2.37. The van der Waals surface area contributed by atoms with E-state index >= 15 is 0 Å². The summed E-state index contributed by atoms with van der Waals surface area (Å²) in [6.07, 6.45) is -0.971. The number of amides is 1. The van der Waals surface area contributed by atoms with Crippen LogP contribution in [-0.2, 0) is 9.53 Å². The molecule has 1 N–H and O–H groups in total. The highest BCUT2D eigenvalue weighted by Gasteiger charge is 2.29. The van der Waals surface area contributed by atoms with E-state index in [-0.39, 0.29) is 22.2 Å². The van der Waals surface area contributed by atoms with Gasteiger partial charge in [0, 0.05) is 11.4 Å². The molecule has 1 amide bonds. The molecule has 1 aromatic carbocycles. The van der Waals surface area contributed by atoms with Crippen molar-refractivity contribution >= 4 is 23.6 Å². The molecule has 21 heavy (non-hydrogen) atoms. The fourth-order valence-corrected chi connectivity index (χ4v) is 1.93. The molecule has 0 aliphatic heterocycles. The first-order chi connectivity index (χ1) is 9.73. The fraction of sp³-hybridized carbons (Fsp3) is 0.385. The average molecular weight is 321 g/mol. The summed E-state index contributed by atoms with van der Waals surface area (Å²) < 4.78 is 41.4. The van der Waals surface area contributed by atoms with Crippen LogP contribution in [0.25, 0.3) is 0 Å². The molecular weight excluding hydrogens is 307 g/mol. The van der Waals surface area contributed by atoms with Gasteiger partial charge in [0.1, 0.15) is 0 Å². The minimum absolute atomic E-state index is 0.0316. The molecule has 0 aliphatic carbocycles. The standard InChI is InChI=1S/C13H14F3NO3S/c1-3-17-11(18)8(2)20-12(19)9-4-6-10(7-5-9)21-13(14,15)16/h4-8H,3H2,1-2H3,(H,17,18)/t8-/m0/s1. The fourth-order valence-electron chi connectivity index (χ4n) is 1.39. The summed E-state index contributed by atoms with van der Waals surface area (Å²) in [7, 11) is 0. The van der Waals surface area contributed by atoms with Gasteiger partial charge in [0.05, 0.1) is 5.56 Å². The van der Waals surface area contributed by atoms with E-state index in [4.69, 9.17) is 4.74 Å². The first-order valence-electron chi connectivity index (χ1n) is 6.07. The molecule has 1 atom stereocenters. The van der Waals surface area contributed by atoms with Crippen molar-refractivity contribution in [3.8, 4) is 0 Å². The van der Waals surface area contributed by atoms with Crippen LogP contribution in [0.4, 0.5) is 13.2 Å². The van der Waals surface area contributed by atoms with Gasteiger partial charge in [-0.1, -0.05) is 0 Å². The van der Waals surface area contributed by atoms with Crippen LogP contribution in [0.2, 0.25) is 0 Å². The molecule has 0 aliphatic rings. The zero-order valence-corrected chi connectivity index (χ0v) is 12.2. The number of rotatable bonds is 5. The molecule has 116 valence electrons. The van der Waals surface area contributed by atoms with Crippen LogP contribution in [0.1, 0.15) is 24.2 Å². The summed E-state index contributed by atoms with van der Waals surface area (Å²) in [5.41, 5.74) is -4.30. The number of ether oxygens (including phenoxy) is 1. The number of thioether (sulfide) groups is 1. The van der Waals surface area contributed by atoms with Crippen LogP contribution >= 0.6 is 11.8 Å². The van der Waals surface area contributed by atoms with Gasteiger partial charge in [-0.2, -0.15) is 13.2 Å². The molecule has 0 radical (unpaired) electrons. The quantitative estimate of drug-likeness (QED) is 0.669. The van der Waals surface area contributed by atoms with Gasteiger partial charge in [0.15, 0.2) is 6.10 Å². The molecule has 0 unspecified atom stereocenters. The van der Waals surface area contributed by atoms with E-state index in [0.29, 0.717) is 6.54 Å². The zero-order chi connectivity index (χ0) is 16.0. The highest BCUT2D eigenvalue weighted by molar-refractivity contribution is 8.00. The van der Waals surface area contributed by atoms with Crippen molar-refractivity contribution in [2.45, 2.75) is 30.4 Å². The summed E-state index contributed by atoms with van der Waals surface area (Å²) in [6, 6.07) is 4.79. The summed E-state index contributed by atoms with van der Waals surface area (Å²) in [5.74, 6) is -1.20. The minimum atomic E-state index is -4.38. The Kier molecular flexibility index (Phi) is 6.07. The summed E-state index contributed by atoms with van der Waals surface area (Å²) in [6.45, 7) is 3.55. The lowest BCUT2D eigenvalue weighted by Gasteiger charge is -2.12. The topological polar surface area (TPSA) is 55.4 Å². The monoisotopic (exact) mass is 321 g/mol. The van der Waals surface area contributed by atoms with Gasteiger partial charge < -0.3 is 10.1 Å². The first kappa shape index (κ1) is 17.4. The molecule has 0 saturated heterocycles. The van der Waals surface area contributed by atoms with Crippen LogP contribution in [-0.4, -0.2) is 30.0 Å². The predicted octanol–water partition coefficient (Wildman–Crippen LogP) is 2.98. The van der Waals surface area contributed by atoms with E-state index < -0.39 is 23.5 Å². The normalized spacial score (nSPS) is 12.6. The van der Waals surface area contributed by atoms with E-state index in [1.165, 1.54) is 31.2 Å². The van der Waals surface area contributed by atoms with E-state index in [9.17, 15) is 22.8 Å². The smallest absolute Gasteiger partial charge is 0.446 e. The van der Waals surface area contributed by atoms with Gasteiger partial charge in [-0.25, -0.2) is 4.79 Å². The number of benzene rings is 1. The second kappa shape index (κ2) is 7.35. The molecule has 1 aromatic rings. The predicted molar refractivity (Wildman–Crippen MR) is 71.9 cm³/mol. The Hall–Kier alpha value is -1.70. The molecule has 0 aromatic heterocycles. The van der Waals surface area contributed by atoms with Crippen LogP contribution < -0.4 is 5.32 Å². The Bertz CT molecular complexity index is 502. The van der Waals surface area contributed by atoms with Gasteiger partial charge in [-0.05, 0) is 49.9 Å². The molecule has 0 spiro atoms. The molecule has 1 rings (SSSR count). The third-order valence-corrected chi connectivity index (χ3v) is 3.07. The van der Waals surface area contributed by atoms with Crippen molar-refractivity contribution in [2.24, 2.45) is 0 Å². The largest absolute Gasteiger partial charge is 0.449 e. The zero-order valence-electron chi connectivity index (χ0n) is 11.4. The minimum Gasteiger partial charge on any atom is -0.449 e. The van der Waals surface area contributed by atoms with Gasteiger partial charge >= 0.3 is 11.5 Å². The molecule has 0 fully saturated rings. The number of hydrogen-bond acceptors (Lipinski definition) is 4. The molecule has 4 nitrogen and oxygen atoms in total. The van der Waals surface area contributed by atoms with Gasteiger partial charge in [0.25, 0.3) is 5.91 Å². The number of carbonyl (C=O) groups is 2. The van der Waals surface area contributed by atoms with Crippen molar-refractivity contribution in [2.75, 3.05) is 6.54 Å². The summed E-state index contributed by atoms with van der Waals surface area (Å²) in [4.78, 5) is 23.1. The Labute approximate surface area is 124 Å². The number of hydrogen-bond donors (Lipinski definition) is 1. The number of esters is 1. The van der Waals surface area contributed by atoms with Crippen LogP contribution in [0.3, 0.4) is 0 Å². The Balaban J connectivity index is 2.65. The highest BCUT2D eigenvalue weighted by Crippen LogP contribution is 2.36. The Morgan fingerprint density at radius 2 is 1.86 bits per heavy atom. The van der Waals surface area contributed by atoms with Gasteiger partial charge in [-0.3, -0.25) is 4.79 Å². The lowest BCUT2D eigenvalue weighted by molar-refractivity contribution is -0.128. The van der Waals surface area contributed by atoms with Gasteiger partial charge in [-0.15, -0.1) is 0 Å². The maximum Gasteiger partial charge on any atom is 0.446 e. The van der Waals surface area contributed by atoms with E-state index in [2.05, 4.69) is 5.32 Å². The molecule has 8 heteroatoms. The number of likely N-dealkylation sites (N-methyl/N-ethyl adjacent to an activating group) is 1. The third-order valence-electron chi connectivity index (χ3n) is 2.33. The second-order valence-electron chi connectivity index (χ2n) is 4.01. The Morgan fingerprint density at radius 3 is 2.33 bits per heavy atom. The number of halogens is 3. The van der Waals surface area contributed by atoms with Crippen molar-refractivity contribution < 1.29 is 27.5 Å². The van der Waals surface area contributed by atoms with Crippen LogP contribution in [0.15, 0.2) is 29.2 Å². The summed E-state index contributed by atoms with van der Waals surface area (Å²) in [5, 5.41) is 2.49. The highest BCUT2D eigenvalue weighted by atomic mass is 32.2. The van der Waals surface area contributed by atoms with Gasteiger partial charge in [0.2, 0.25) is 0 Å². The van der Waals surface area contributed by atoms with Crippen LogP contribution in [0, 0.1) is 0 Å². The number of alkyl halides is 3. The lowest BCUT2D eigenvalue weighted by Crippen LogP contribution is -2.35. The van der Waals surface area contributed by atoms with Crippen molar-refractivity contribution in [1.82, 2.24) is 5.32 Å². The van der Waals surface area contributed by atoms with Crippen molar-refractivity contribution in [3.05, 3.63) is 29.8 Å². The van der Waals surface area contributed by atoms with E-state index in [0.717, 1.165) is 0 Å². The number of carbonyl (C=O) groups excluding carboxylic acids is 2. The van der Waals surface area contributed by atoms with Crippen molar-refractivity contribution in [1.29, 1.82) is 0 Å². The second-order valence-corrected chi connectivity index (χ2v) is 5.15. The Morgan fingerprint density at radius 1 is 1.29 bits per heavy atom. The van der Waals surface area contributed by atoms with Crippen molar-refractivity contribution in [3.63, 3.8) is 0 Å². The SMILES string of the molecule is CCNC(=O)[C@H](C)OC(=O)c1ccc(SC(F)(F)F)cc1.